The van der Waals surface area contributed by atoms with Crippen LogP contribution in [-0.2, 0) is 0 Å². The van der Waals surface area contributed by atoms with Crippen LogP contribution in [0.25, 0.3) is 0 Å². The molecule has 0 aliphatic carbocycles. The maximum absolute atomic E-state index is 9.69. The molecule has 4 nitrogen and oxygen atoms in total. The van der Waals surface area contributed by atoms with Gasteiger partial charge in [-0.1, -0.05) is 6.42 Å². The van der Waals surface area contributed by atoms with Gasteiger partial charge in [-0.15, -0.1) is 0 Å². The monoisotopic (exact) mass is 187 g/mol. The molecule has 2 fully saturated rings. The minimum absolute atomic E-state index is 0.0608. The van der Waals surface area contributed by atoms with E-state index in [9.17, 15) is 10.2 Å². The Morgan fingerprint density at radius 2 is 1.92 bits per heavy atom. The minimum Gasteiger partial charge on any atom is -0.395 e. The van der Waals surface area contributed by atoms with Gasteiger partial charge in [-0.3, -0.25) is 4.90 Å². The standard InChI is InChI=1S/C9H17NO3/c11-5-7-9(13)8(12)6-3-1-2-4-10(6)7/h6-9,11-13H,1-5H2/t6-,7-,8-,9+/m1/s1. The number of fused-ring (bicyclic) bond motifs is 1. The van der Waals surface area contributed by atoms with E-state index in [0.717, 1.165) is 25.8 Å². The molecule has 0 radical (unpaired) electrons. The molecule has 0 spiro atoms. The van der Waals surface area contributed by atoms with Crippen LogP contribution in [0.15, 0.2) is 0 Å². The molecule has 2 aliphatic rings. The van der Waals surface area contributed by atoms with Gasteiger partial charge in [0, 0.05) is 6.04 Å². The van der Waals surface area contributed by atoms with Crippen LogP contribution in [-0.4, -0.2) is 57.7 Å². The Kier molecular flexibility index (Phi) is 2.55. The summed E-state index contributed by atoms with van der Waals surface area (Å²) in [5, 5.41) is 28.4. The zero-order valence-electron chi connectivity index (χ0n) is 7.63. The van der Waals surface area contributed by atoms with Crippen LogP contribution in [0.3, 0.4) is 0 Å². The Morgan fingerprint density at radius 1 is 1.15 bits per heavy atom. The lowest BCUT2D eigenvalue weighted by atomic mass is 10.0. The summed E-state index contributed by atoms with van der Waals surface area (Å²) < 4.78 is 0. The van der Waals surface area contributed by atoms with Crippen molar-refractivity contribution in [1.29, 1.82) is 0 Å². The van der Waals surface area contributed by atoms with E-state index in [4.69, 9.17) is 5.11 Å². The van der Waals surface area contributed by atoms with Crippen molar-refractivity contribution in [3.8, 4) is 0 Å². The number of nitrogens with zero attached hydrogens (tertiary/aromatic N) is 1. The zero-order chi connectivity index (χ0) is 9.42. The summed E-state index contributed by atoms with van der Waals surface area (Å²) in [5.74, 6) is 0. The first kappa shape index (κ1) is 9.40. The third-order valence-electron chi connectivity index (χ3n) is 3.34. The van der Waals surface area contributed by atoms with Crippen LogP contribution >= 0.6 is 0 Å². The number of hydrogen-bond acceptors (Lipinski definition) is 4. The highest BCUT2D eigenvalue weighted by Crippen LogP contribution is 2.31. The van der Waals surface area contributed by atoms with Gasteiger partial charge in [0.2, 0.25) is 0 Å². The van der Waals surface area contributed by atoms with Crippen molar-refractivity contribution in [1.82, 2.24) is 4.90 Å². The van der Waals surface area contributed by atoms with Gasteiger partial charge in [-0.2, -0.15) is 0 Å². The number of rotatable bonds is 1. The summed E-state index contributed by atoms with van der Waals surface area (Å²) in [6.07, 6.45) is 1.72. The van der Waals surface area contributed by atoms with E-state index in [1.807, 2.05) is 0 Å². The van der Waals surface area contributed by atoms with Crippen molar-refractivity contribution in [3.63, 3.8) is 0 Å². The Morgan fingerprint density at radius 3 is 2.62 bits per heavy atom. The second-order valence-corrected chi connectivity index (χ2v) is 4.03. The van der Waals surface area contributed by atoms with Gasteiger partial charge in [0.25, 0.3) is 0 Å². The molecule has 2 aliphatic heterocycles. The topological polar surface area (TPSA) is 63.9 Å². The summed E-state index contributed by atoms with van der Waals surface area (Å²) in [5.41, 5.74) is 0. The molecular weight excluding hydrogens is 170 g/mol. The van der Waals surface area contributed by atoms with Crippen molar-refractivity contribution < 1.29 is 15.3 Å². The van der Waals surface area contributed by atoms with E-state index >= 15 is 0 Å². The highest BCUT2D eigenvalue weighted by Gasteiger charge is 2.47. The van der Waals surface area contributed by atoms with E-state index in [-0.39, 0.29) is 18.7 Å². The van der Waals surface area contributed by atoms with Crippen molar-refractivity contribution in [2.75, 3.05) is 13.2 Å². The molecule has 0 unspecified atom stereocenters. The molecular formula is C9H17NO3. The highest BCUT2D eigenvalue weighted by atomic mass is 16.3. The van der Waals surface area contributed by atoms with Crippen molar-refractivity contribution in [2.45, 2.75) is 43.6 Å². The molecule has 0 saturated carbocycles. The van der Waals surface area contributed by atoms with E-state index < -0.39 is 12.2 Å². The predicted octanol–water partition coefficient (Wildman–Crippen LogP) is -1.06. The van der Waals surface area contributed by atoms with Crippen LogP contribution in [0.4, 0.5) is 0 Å². The maximum atomic E-state index is 9.69. The quantitative estimate of drug-likeness (QED) is 0.489. The normalized spacial score (nSPS) is 46.4. The van der Waals surface area contributed by atoms with E-state index in [1.165, 1.54) is 0 Å². The molecule has 2 rings (SSSR count). The molecule has 2 heterocycles. The van der Waals surface area contributed by atoms with Crippen molar-refractivity contribution in [3.05, 3.63) is 0 Å². The van der Waals surface area contributed by atoms with Crippen LogP contribution in [0, 0.1) is 0 Å². The fourth-order valence-electron chi connectivity index (χ4n) is 2.62. The van der Waals surface area contributed by atoms with Gasteiger partial charge in [0.15, 0.2) is 0 Å². The molecule has 0 amide bonds. The Balaban J connectivity index is 2.14. The van der Waals surface area contributed by atoms with Crippen LogP contribution in [0.1, 0.15) is 19.3 Å². The number of hydrogen-bond donors (Lipinski definition) is 3. The third kappa shape index (κ3) is 1.38. The molecule has 4 atom stereocenters. The number of piperidine rings is 1. The SMILES string of the molecule is OC[C@@H]1[C@H](O)[C@H](O)[C@H]2CCCCN12. The lowest BCUT2D eigenvalue weighted by Crippen LogP contribution is -2.44. The molecule has 2 saturated heterocycles. The van der Waals surface area contributed by atoms with Gasteiger partial charge in [-0.05, 0) is 19.4 Å². The first-order valence-electron chi connectivity index (χ1n) is 4.98. The average Bonchev–Trinajstić information content (AvgIpc) is 2.41. The fourth-order valence-corrected chi connectivity index (χ4v) is 2.62. The second kappa shape index (κ2) is 3.53. The van der Waals surface area contributed by atoms with Crippen molar-refractivity contribution >= 4 is 0 Å². The van der Waals surface area contributed by atoms with Crippen molar-refractivity contribution in [2.24, 2.45) is 0 Å². The molecule has 0 aromatic carbocycles. The van der Waals surface area contributed by atoms with E-state index in [0.29, 0.717) is 0 Å². The first-order valence-corrected chi connectivity index (χ1v) is 4.98. The molecule has 13 heavy (non-hydrogen) atoms. The predicted molar refractivity (Wildman–Crippen MR) is 47.2 cm³/mol. The molecule has 0 aromatic rings. The maximum Gasteiger partial charge on any atom is 0.0991 e. The molecule has 3 N–H and O–H groups in total. The molecule has 4 heteroatoms. The Labute approximate surface area is 77.8 Å². The zero-order valence-corrected chi connectivity index (χ0v) is 7.63. The summed E-state index contributed by atoms with van der Waals surface area (Å²) in [4.78, 5) is 2.05. The average molecular weight is 187 g/mol. The summed E-state index contributed by atoms with van der Waals surface area (Å²) in [6.45, 7) is 0.832. The number of aliphatic hydroxyl groups excluding tert-OH is 3. The van der Waals surface area contributed by atoms with Crippen LogP contribution in [0.5, 0.6) is 0 Å². The Bertz CT molecular complexity index is 178. The number of aliphatic hydroxyl groups is 3. The smallest absolute Gasteiger partial charge is 0.0991 e. The second-order valence-electron chi connectivity index (χ2n) is 4.03. The van der Waals surface area contributed by atoms with E-state index in [2.05, 4.69) is 4.90 Å². The van der Waals surface area contributed by atoms with Gasteiger partial charge >= 0.3 is 0 Å². The van der Waals surface area contributed by atoms with Gasteiger partial charge in [0.1, 0.15) is 0 Å². The highest BCUT2D eigenvalue weighted by molar-refractivity contribution is 5.01. The molecule has 0 aromatic heterocycles. The minimum atomic E-state index is -0.770. The third-order valence-corrected chi connectivity index (χ3v) is 3.34. The van der Waals surface area contributed by atoms with E-state index in [1.54, 1.807) is 0 Å². The van der Waals surface area contributed by atoms with Gasteiger partial charge < -0.3 is 15.3 Å². The summed E-state index contributed by atoms with van der Waals surface area (Å²) in [6, 6.07) is -0.179. The first-order chi connectivity index (χ1) is 6.25. The largest absolute Gasteiger partial charge is 0.395 e. The lowest BCUT2D eigenvalue weighted by molar-refractivity contribution is 0.0183. The Hall–Kier alpha value is -0.160. The summed E-state index contributed by atoms with van der Waals surface area (Å²) in [7, 11) is 0. The molecule has 76 valence electrons. The van der Waals surface area contributed by atoms with Crippen LogP contribution < -0.4 is 0 Å². The van der Waals surface area contributed by atoms with Crippen LogP contribution in [0.2, 0.25) is 0 Å². The molecule has 0 bridgehead atoms. The fraction of sp³-hybridized carbons (Fsp3) is 1.00. The summed E-state index contributed by atoms with van der Waals surface area (Å²) >= 11 is 0. The van der Waals surface area contributed by atoms with Gasteiger partial charge in [-0.25, -0.2) is 0 Å². The van der Waals surface area contributed by atoms with Gasteiger partial charge in [0.05, 0.1) is 24.9 Å². The lowest BCUT2D eigenvalue weighted by Gasteiger charge is -2.33.